The van der Waals surface area contributed by atoms with Gasteiger partial charge in [0.2, 0.25) is 18.4 Å². The molecule has 0 bridgehead atoms. The van der Waals surface area contributed by atoms with E-state index in [0.29, 0.717) is 35.8 Å². The molecule has 0 fully saturated rings. The van der Waals surface area contributed by atoms with Crippen molar-refractivity contribution in [1.29, 1.82) is 0 Å². The number of fused-ring (bicyclic) bond motifs is 1. The number of nitrogens with two attached hydrogens (primary N) is 1. The Hall–Kier alpha value is -3.67. The average Bonchev–Trinajstić information content (AvgIpc) is 3.22. The second-order valence-corrected chi connectivity index (χ2v) is 6.71. The van der Waals surface area contributed by atoms with Crippen LogP contribution in [0.4, 0.5) is 5.95 Å². The first-order valence-corrected chi connectivity index (χ1v) is 9.41. The lowest BCUT2D eigenvalue weighted by Crippen LogP contribution is -2.20. The van der Waals surface area contributed by atoms with E-state index in [1.165, 1.54) is 0 Å². The van der Waals surface area contributed by atoms with E-state index < -0.39 is 5.91 Å². The number of hydrogen-bond acceptors (Lipinski definition) is 4. The fourth-order valence-corrected chi connectivity index (χ4v) is 3.37. The summed E-state index contributed by atoms with van der Waals surface area (Å²) in [6, 6.07) is 4.94. The van der Waals surface area contributed by atoms with Crippen LogP contribution < -0.4 is 11.1 Å². The molecule has 3 aromatic rings. The van der Waals surface area contributed by atoms with Crippen molar-refractivity contribution in [2.45, 2.75) is 46.8 Å². The zero-order valence-electron chi connectivity index (χ0n) is 16.7. The minimum absolute atomic E-state index is 0.0855. The zero-order valence-corrected chi connectivity index (χ0v) is 16.7. The number of aromatic nitrogens is 4. The Morgan fingerprint density at radius 2 is 2.03 bits per heavy atom. The molecule has 0 spiro atoms. The first-order valence-electron chi connectivity index (χ1n) is 9.41. The molecule has 0 saturated carbocycles. The number of aryl methyl sites for hydroxylation is 3. The van der Waals surface area contributed by atoms with Crippen LogP contribution in [-0.4, -0.2) is 31.1 Å². The highest BCUT2D eigenvalue weighted by Crippen LogP contribution is 2.27. The van der Waals surface area contributed by atoms with E-state index in [1.807, 2.05) is 25.3 Å². The van der Waals surface area contributed by atoms with Gasteiger partial charge in [0.05, 0.1) is 22.3 Å². The van der Waals surface area contributed by atoms with Gasteiger partial charge in [0.1, 0.15) is 5.69 Å². The van der Waals surface area contributed by atoms with Gasteiger partial charge < -0.3 is 15.1 Å². The Morgan fingerprint density at radius 3 is 2.66 bits per heavy atom. The van der Waals surface area contributed by atoms with Gasteiger partial charge in [0, 0.05) is 18.7 Å². The van der Waals surface area contributed by atoms with Crippen LogP contribution in [0.3, 0.4) is 0 Å². The molecule has 3 rings (SSSR count). The molecule has 0 aliphatic carbocycles. The minimum atomic E-state index is -0.587. The first-order chi connectivity index (χ1) is 13.9. The highest BCUT2D eigenvalue weighted by Gasteiger charge is 2.21. The van der Waals surface area contributed by atoms with E-state index >= 15 is 0 Å². The van der Waals surface area contributed by atoms with Crippen molar-refractivity contribution >= 4 is 28.8 Å². The maximum atomic E-state index is 12.9. The predicted molar refractivity (Wildman–Crippen MR) is 109 cm³/mol. The predicted octanol–water partition coefficient (Wildman–Crippen LogP) is 2.74. The number of amides is 2. The summed E-state index contributed by atoms with van der Waals surface area (Å²) in [5.74, 6) is -0.542. The molecule has 150 valence electrons. The molecular weight excluding hydrogens is 370 g/mol. The van der Waals surface area contributed by atoms with Gasteiger partial charge in [0.15, 0.2) is 0 Å². The molecule has 0 aliphatic rings. The quantitative estimate of drug-likeness (QED) is 0.601. The lowest BCUT2D eigenvalue weighted by atomic mass is 10.1. The smallest absolute Gasteiger partial charge is 0.276 e. The molecule has 29 heavy (non-hydrogen) atoms. The van der Waals surface area contributed by atoms with Crippen LogP contribution in [0.1, 0.15) is 52.4 Å². The number of imidazole rings is 1. The lowest BCUT2D eigenvalue weighted by molar-refractivity contribution is 0.0996. The summed E-state index contributed by atoms with van der Waals surface area (Å²) >= 11 is 0. The minimum Gasteiger partial charge on any atom is -0.366 e. The topological polar surface area (TPSA) is 112 Å². The maximum Gasteiger partial charge on any atom is 0.276 e. The van der Waals surface area contributed by atoms with Gasteiger partial charge in [-0.15, -0.1) is 0 Å². The van der Waals surface area contributed by atoms with Gasteiger partial charge in [-0.3, -0.25) is 19.6 Å². The van der Waals surface area contributed by atoms with Gasteiger partial charge in [-0.1, -0.05) is 6.92 Å². The summed E-state index contributed by atoms with van der Waals surface area (Å²) in [4.78, 5) is 32.6. The normalized spacial score (nSPS) is 10.8. The standard InChI is InChI=1S/C20H23N7O2/c1-5-7-26-17-14(11-22-4)9-13(18(21)28)10-15(17)23-20(26)24-19(29)16-8-12(3)25-27(16)6-2/h8-10H,5-7,11H2,1-3H3,(H2,21,28)(H,23,24,29). The molecule has 3 N–H and O–H groups in total. The lowest BCUT2D eigenvalue weighted by Gasteiger charge is -2.11. The van der Waals surface area contributed by atoms with E-state index in [2.05, 4.69) is 20.2 Å². The molecule has 0 unspecified atom stereocenters. The Bertz CT molecular complexity index is 1130. The van der Waals surface area contributed by atoms with Crippen LogP contribution in [0.5, 0.6) is 0 Å². The van der Waals surface area contributed by atoms with Crippen molar-refractivity contribution in [2.75, 3.05) is 5.32 Å². The third-order valence-corrected chi connectivity index (χ3v) is 4.56. The number of nitrogens with zero attached hydrogens (tertiary/aromatic N) is 5. The highest BCUT2D eigenvalue weighted by molar-refractivity contribution is 6.04. The largest absolute Gasteiger partial charge is 0.366 e. The van der Waals surface area contributed by atoms with Crippen molar-refractivity contribution in [3.05, 3.63) is 52.1 Å². The maximum absolute atomic E-state index is 12.9. The van der Waals surface area contributed by atoms with Gasteiger partial charge in [-0.05, 0) is 38.5 Å². The van der Waals surface area contributed by atoms with Gasteiger partial charge in [-0.25, -0.2) is 11.6 Å². The number of carbonyl (C=O) groups excluding carboxylic acids is 2. The summed E-state index contributed by atoms with van der Waals surface area (Å²) in [6.45, 7) is 14.3. The number of hydrogen-bond donors (Lipinski definition) is 2. The number of benzene rings is 1. The van der Waals surface area contributed by atoms with Crippen molar-refractivity contribution in [1.82, 2.24) is 19.3 Å². The van der Waals surface area contributed by atoms with Crippen LogP contribution in [0, 0.1) is 13.5 Å². The monoisotopic (exact) mass is 393 g/mol. The number of rotatable bonds is 7. The summed E-state index contributed by atoms with van der Waals surface area (Å²) in [5.41, 5.74) is 8.82. The van der Waals surface area contributed by atoms with Crippen molar-refractivity contribution < 1.29 is 9.59 Å². The number of anilines is 1. The summed E-state index contributed by atoms with van der Waals surface area (Å²) < 4.78 is 3.51. The molecule has 1 aromatic carbocycles. The molecule has 0 atom stereocenters. The Morgan fingerprint density at radius 1 is 1.28 bits per heavy atom. The second kappa shape index (κ2) is 8.14. The van der Waals surface area contributed by atoms with E-state index in [0.717, 1.165) is 17.6 Å². The molecule has 0 aliphatic heterocycles. The number of carbonyl (C=O) groups is 2. The van der Waals surface area contributed by atoms with Crippen molar-refractivity contribution in [2.24, 2.45) is 5.73 Å². The Balaban J connectivity index is 2.13. The van der Waals surface area contributed by atoms with E-state index in [9.17, 15) is 9.59 Å². The molecule has 0 saturated heterocycles. The average molecular weight is 393 g/mol. The first kappa shape index (κ1) is 20.1. The fourth-order valence-electron chi connectivity index (χ4n) is 3.37. The number of nitrogens with one attached hydrogen (secondary N) is 1. The molecule has 9 heteroatoms. The molecule has 2 heterocycles. The summed E-state index contributed by atoms with van der Waals surface area (Å²) in [5, 5.41) is 7.17. The van der Waals surface area contributed by atoms with E-state index in [-0.39, 0.29) is 18.0 Å². The van der Waals surface area contributed by atoms with Crippen LogP contribution >= 0.6 is 0 Å². The van der Waals surface area contributed by atoms with Crippen molar-refractivity contribution in [3.8, 4) is 0 Å². The van der Waals surface area contributed by atoms with Gasteiger partial charge >= 0.3 is 0 Å². The third-order valence-electron chi connectivity index (χ3n) is 4.56. The third kappa shape index (κ3) is 3.82. The highest BCUT2D eigenvalue weighted by atomic mass is 16.2. The molecule has 0 radical (unpaired) electrons. The van der Waals surface area contributed by atoms with Crippen LogP contribution in [-0.2, 0) is 19.6 Å². The second-order valence-electron chi connectivity index (χ2n) is 6.71. The molecule has 2 aromatic heterocycles. The van der Waals surface area contributed by atoms with Crippen LogP contribution in [0.2, 0.25) is 0 Å². The van der Waals surface area contributed by atoms with Crippen LogP contribution in [0.15, 0.2) is 18.2 Å². The summed E-state index contributed by atoms with van der Waals surface area (Å²) in [6.07, 6.45) is 0.801. The van der Waals surface area contributed by atoms with E-state index in [1.54, 1.807) is 22.9 Å². The van der Waals surface area contributed by atoms with Gasteiger partial charge in [0.25, 0.3) is 5.91 Å². The Kier molecular flexibility index (Phi) is 5.64. The van der Waals surface area contributed by atoms with Crippen molar-refractivity contribution in [3.63, 3.8) is 0 Å². The van der Waals surface area contributed by atoms with Gasteiger partial charge in [-0.2, -0.15) is 5.10 Å². The molecular formula is C20H23N7O2. The SMILES string of the molecule is [C-]#[N+]Cc1cc(C(N)=O)cc2nc(NC(=O)c3cc(C)nn3CC)n(CCC)c12. The van der Waals surface area contributed by atoms with Crippen LogP contribution in [0.25, 0.3) is 15.9 Å². The molecule has 2 amide bonds. The number of primary amides is 1. The van der Waals surface area contributed by atoms with E-state index in [4.69, 9.17) is 12.3 Å². The zero-order chi connectivity index (χ0) is 21.1. The molecule has 9 nitrogen and oxygen atoms in total. The fraction of sp³-hybridized carbons (Fsp3) is 0.350. The Labute approximate surface area is 168 Å². The summed E-state index contributed by atoms with van der Waals surface area (Å²) in [7, 11) is 0.